The van der Waals surface area contributed by atoms with E-state index in [2.05, 4.69) is 26.6 Å². The normalized spacial score (nSPS) is 10.8. The summed E-state index contributed by atoms with van der Waals surface area (Å²) in [5.74, 6) is 0.486. The van der Waals surface area contributed by atoms with Gasteiger partial charge in [-0.25, -0.2) is 4.98 Å². The first-order chi connectivity index (χ1) is 15.5. The maximum atomic E-state index is 12.7. The molecule has 0 atom stereocenters. The number of hydrogen-bond acceptors (Lipinski definition) is 3. The Bertz CT molecular complexity index is 1280. The summed E-state index contributed by atoms with van der Waals surface area (Å²) in [6.07, 6.45) is 0.510. The summed E-state index contributed by atoms with van der Waals surface area (Å²) in [4.78, 5) is 29.9. The zero-order valence-electron chi connectivity index (χ0n) is 17.6. The van der Waals surface area contributed by atoms with Gasteiger partial charge in [-0.3, -0.25) is 9.59 Å². The minimum Gasteiger partial charge on any atom is -0.352 e. The minimum absolute atomic E-state index is 0.122. The van der Waals surface area contributed by atoms with Gasteiger partial charge in [-0.2, -0.15) is 0 Å². The summed E-state index contributed by atoms with van der Waals surface area (Å²) >= 11 is 3.42. The predicted molar refractivity (Wildman–Crippen MR) is 130 cm³/mol. The number of benzene rings is 3. The van der Waals surface area contributed by atoms with Gasteiger partial charge in [0.15, 0.2) is 0 Å². The van der Waals surface area contributed by atoms with Crippen LogP contribution in [0.4, 0.5) is 5.69 Å². The lowest BCUT2D eigenvalue weighted by Gasteiger charge is -2.11. The molecule has 3 aromatic carbocycles. The van der Waals surface area contributed by atoms with Gasteiger partial charge in [-0.15, -0.1) is 0 Å². The first kappa shape index (κ1) is 21.8. The van der Waals surface area contributed by atoms with Crippen LogP contribution in [0.3, 0.4) is 0 Å². The van der Waals surface area contributed by atoms with Crippen LogP contribution >= 0.6 is 15.9 Å². The zero-order chi connectivity index (χ0) is 22.5. The summed E-state index contributed by atoms with van der Waals surface area (Å²) in [7, 11) is 0. The third-order valence-corrected chi connectivity index (χ3v) is 5.55. The molecule has 0 aliphatic carbocycles. The highest BCUT2D eigenvalue weighted by Crippen LogP contribution is 2.18. The Labute approximate surface area is 194 Å². The van der Waals surface area contributed by atoms with Gasteiger partial charge in [-0.1, -0.05) is 51.8 Å². The van der Waals surface area contributed by atoms with E-state index in [0.29, 0.717) is 18.5 Å². The van der Waals surface area contributed by atoms with Crippen LogP contribution in [0.15, 0.2) is 77.3 Å². The molecule has 7 heteroatoms. The Morgan fingerprint density at radius 2 is 1.81 bits per heavy atom. The van der Waals surface area contributed by atoms with Crippen molar-refractivity contribution in [3.63, 3.8) is 0 Å². The number of rotatable bonds is 7. The predicted octanol–water partition coefficient (Wildman–Crippen LogP) is 4.72. The largest absolute Gasteiger partial charge is 0.352 e. The van der Waals surface area contributed by atoms with Crippen molar-refractivity contribution in [1.82, 2.24) is 14.9 Å². The maximum absolute atomic E-state index is 12.7. The number of anilines is 1. The SMILES string of the molecule is Cc1cccc(C(=O)NCCc2nc3ccccc3n2CC(=O)Nc2cccc(Br)c2)c1. The van der Waals surface area contributed by atoms with E-state index in [1.54, 1.807) is 6.07 Å². The molecule has 1 heterocycles. The van der Waals surface area contributed by atoms with Crippen LogP contribution in [0.1, 0.15) is 21.7 Å². The van der Waals surface area contributed by atoms with Crippen LogP contribution < -0.4 is 10.6 Å². The van der Waals surface area contributed by atoms with E-state index >= 15 is 0 Å². The Hall–Kier alpha value is -3.45. The average molecular weight is 491 g/mol. The Kier molecular flexibility index (Phi) is 6.66. The number of fused-ring (bicyclic) bond motifs is 1. The minimum atomic E-state index is -0.142. The molecule has 162 valence electrons. The molecule has 6 nitrogen and oxygen atoms in total. The molecule has 0 bridgehead atoms. The van der Waals surface area contributed by atoms with Crippen molar-refractivity contribution in [3.05, 3.63) is 94.2 Å². The third kappa shape index (κ3) is 5.23. The zero-order valence-corrected chi connectivity index (χ0v) is 19.2. The molecular weight excluding hydrogens is 468 g/mol. The van der Waals surface area contributed by atoms with E-state index in [1.807, 2.05) is 78.2 Å². The molecule has 0 aliphatic rings. The fourth-order valence-electron chi connectivity index (χ4n) is 3.58. The highest BCUT2D eigenvalue weighted by molar-refractivity contribution is 9.10. The smallest absolute Gasteiger partial charge is 0.251 e. The highest BCUT2D eigenvalue weighted by Gasteiger charge is 2.14. The lowest BCUT2D eigenvalue weighted by Crippen LogP contribution is -2.27. The van der Waals surface area contributed by atoms with Crippen molar-refractivity contribution >= 4 is 44.5 Å². The number of carbonyl (C=O) groups excluding carboxylic acids is 2. The number of para-hydroxylation sites is 2. The summed E-state index contributed by atoms with van der Waals surface area (Å²) in [5.41, 5.74) is 4.10. The molecule has 2 amide bonds. The van der Waals surface area contributed by atoms with Crippen LogP contribution in [0.2, 0.25) is 0 Å². The average Bonchev–Trinajstić information content (AvgIpc) is 3.11. The van der Waals surface area contributed by atoms with Crippen molar-refractivity contribution in [2.24, 2.45) is 0 Å². The molecule has 0 spiro atoms. The number of nitrogens with one attached hydrogen (secondary N) is 2. The second-order valence-corrected chi connectivity index (χ2v) is 8.45. The molecular formula is C25H23BrN4O2. The fraction of sp³-hybridized carbons (Fsp3) is 0.160. The molecule has 0 radical (unpaired) electrons. The highest BCUT2D eigenvalue weighted by atomic mass is 79.9. The van der Waals surface area contributed by atoms with Crippen molar-refractivity contribution in [1.29, 1.82) is 0 Å². The van der Waals surface area contributed by atoms with Gasteiger partial charge in [0.05, 0.1) is 11.0 Å². The van der Waals surface area contributed by atoms with Crippen molar-refractivity contribution in [2.45, 2.75) is 19.9 Å². The first-order valence-electron chi connectivity index (χ1n) is 10.3. The molecule has 0 aliphatic heterocycles. The summed E-state index contributed by atoms with van der Waals surface area (Å²) < 4.78 is 2.80. The second-order valence-electron chi connectivity index (χ2n) is 7.54. The van der Waals surface area contributed by atoms with Crippen molar-refractivity contribution in [2.75, 3.05) is 11.9 Å². The van der Waals surface area contributed by atoms with E-state index in [-0.39, 0.29) is 18.4 Å². The Balaban J connectivity index is 1.47. The summed E-state index contributed by atoms with van der Waals surface area (Å²) in [6, 6.07) is 22.7. The van der Waals surface area contributed by atoms with Gasteiger partial charge in [0.1, 0.15) is 12.4 Å². The third-order valence-electron chi connectivity index (χ3n) is 5.06. The quantitative estimate of drug-likeness (QED) is 0.393. The molecule has 0 unspecified atom stereocenters. The van der Waals surface area contributed by atoms with Crippen LogP contribution in [0.25, 0.3) is 11.0 Å². The number of aromatic nitrogens is 2. The van der Waals surface area contributed by atoms with Crippen LogP contribution in [-0.4, -0.2) is 27.9 Å². The monoisotopic (exact) mass is 490 g/mol. The van der Waals surface area contributed by atoms with Crippen LogP contribution in [0.5, 0.6) is 0 Å². The molecule has 4 rings (SSSR count). The van der Waals surface area contributed by atoms with Gasteiger partial charge >= 0.3 is 0 Å². The van der Waals surface area contributed by atoms with Crippen LogP contribution in [0, 0.1) is 6.92 Å². The van der Waals surface area contributed by atoms with Gasteiger partial charge in [0.2, 0.25) is 5.91 Å². The van der Waals surface area contributed by atoms with Crippen molar-refractivity contribution < 1.29 is 9.59 Å². The standard InChI is InChI=1S/C25H23BrN4O2/c1-17-6-4-7-18(14-17)25(32)27-13-12-23-29-21-10-2-3-11-22(21)30(23)16-24(31)28-20-9-5-8-19(26)15-20/h2-11,14-15H,12-13,16H2,1H3,(H,27,32)(H,28,31). The Morgan fingerprint density at radius 1 is 1.00 bits per heavy atom. The molecule has 0 saturated heterocycles. The molecule has 0 fully saturated rings. The van der Waals surface area contributed by atoms with E-state index in [9.17, 15) is 9.59 Å². The first-order valence-corrected chi connectivity index (χ1v) is 11.1. The number of halogens is 1. The molecule has 2 N–H and O–H groups in total. The number of imidazole rings is 1. The van der Waals surface area contributed by atoms with Gasteiger partial charge in [-0.05, 0) is 49.4 Å². The molecule has 32 heavy (non-hydrogen) atoms. The number of amides is 2. The maximum Gasteiger partial charge on any atom is 0.251 e. The number of aryl methyl sites for hydroxylation is 1. The lowest BCUT2D eigenvalue weighted by molar-refractivity contribution is -0.116. The number of carbonyl (C=O) groups is 2. The van der Waals surface area contributed by atoms with E-state index < -0.39 is 0 Å². The Morgan fingerprint density at radius 3 is 2.62 bits per heavy atom. The fourth-order valence-corrected chi connectivity index (χ4v) is 3.98. The second kappa shape index (κ2) is 9.78. The molecule has 0 saturated carbocycles. The molecule has 4 aromatic rings. The number of hydrogen-bond donors (Lipinski definition) is 2. The van der Waals surface area contributed by atoms with Gasteiger partial charge in [0, 0.05) is 28.7 Å². The topological polar surface area (TPSA) is 76.0 Å². The molecule has 1 aromatic heterocycles. The lowest BCUT2D eigenvalue weighted by atomic mass is 10.1. The summed E-state index contributed by atoms with van der Waals surface area (Å²) in [5, 5.41) is 5.87. The van der Waals surface area contributed by atoms with Crippen LogP contribution in [-0.2, 0) is 17.8 Å². The van der Waals surface area contributed by atoms with Gasteiger partial charge < -0.3 is 15.2 Å². The van der Waals surface area contributed by atoms with E-state index in [1.165, 1.54) is 0 Å². The van der Waals surface area contributed by atoms with E-state index in [4.69, 9.17) is 4.98 Å². The van der Waals surface area contributed by atoms with Gasteiger partial charge in [0.25, 0.3) is 5.91 Å². The summed E-state index contributed by atoms with van der Waals surface area (Å²) in [6.45, 7) is 2.51. The van der Waals surface area contributed by atoms with Crippen molar-refractivity contribution in [3.8, 4) is 0 Å². The number of nitrogens with zero attached hydrogens (tertiary/aromatic N) is 2. The van der Waals surface area contributed by atoms with E-state index in [0.717, 1.165) is 32.6 Å².